The molecule has 2 atom stereocenters. The van der Waals surface area contributed by atoms with Gasteiger partial charge < -0.3 is 20.1 Å². The number of rotatable bonds is 8. The van der Waals surface area contributed by atoms with Gasteiger partial charge in [0.1, 0.15) is 11.9 Å². The topological polar surface area (TPSA) is 74.7 Å². The first-order valence-corrected chi connectivity index (χ1v) is 11.2. The molecular formula is C24H28F3N3O3. The van der Waals surface area contributed by atoms with Gasteiger partial charge in [0.2, 0.25) is 5.91 Å². The molecule has 33 heavy (non-hydrogen) atoms. The van der Waals surface area contributed by atoms with E-state index in [0.29, 0.717) is 13.0 Å². The first-order chi connectivity index (χ1) is 15.8. The number of hydrogen-bond donors (Lipinski definition) is 2. The summed E-state index contributed by atoms with van der Waals surface area (Å²) in [6, 6.07) is 9.96. The Morgan fingerprint density at radius 1 is 1.15 bits per heavy atom. The van der Waals surface area contributed by atoms with Crippen molar-refractivity contribution in [3.05, 3.63) is 59.4 Å². The lowest BCUT2D eigenvalue weighted by molar-refractivity contribution is -0.274. The highest BCUT2D eigenvalue weighted by molar-refractivity contribution is 5.77. The minimum atomic E-state index is -4.81. The average molecular weight is 464 g/mol. The van der Waals surface area contributed by atoms with Crippen LogP contribution in [-0.2, 0) is 17.6 Å². The number of likely N-dealkylation sites (tertiary alicyclic amines) is 1. The van der Waals surface area contributed by atoms with Gasteiger partial charge in [0.25, 0.3) is 0 Å². The van der Waals surface area contributed by atoms with Crippen LogP contribution in [0.4, 0.5) is 13.2 Å². The van der Waals surface area contributed by atoms with E-state index in [4.69, 9.17) is 0 Å². The zero-order valence-corrected chi connectivity index (χ0v) is 18.2. The second-order valence-corrected chi connectivity index (χ2v) is 8.84. The molecule has 0 saturated carbocycles. The van der Waals surface area contributed by atoms with E-state index in [1.165, 1.54) is 17.2 Å². The molecular weight excluding hydrogens is 435 g/mol. The first-order valence-electron chi connectivity index (χ1n) is 11.2. The summed E-state index contributed by atoms with van der Waals surface area (Å²) in [6.45, 7) is 2.20. The summed E-state index contributed by atoms with van der Waals surface area (Å²) >= 11 is 0. The lowest BCUT2D eigenvalue weighted by atomic mass is 10.0. The number of halogens is 3. The van der Waals surface area contributed by atoms with E-state index in [9.17, 15) is 23.1 Å². The van der Waals surface area contributed by atoms with Crippen LogP contribution < -0.4 is 10.1 Å². The Labute approximate surface area is 190 Å². The first kappa shape index (κ1) is 23.5. The van der Waals surface area contributed by atoms with Crippen molar-refractivity contribution in [2.24, 2.45) is 5.92 Å². The number of hydrogen-bond acceptors (Lipinski definition) is 5. The van der Waals surface area contributed by atoms with Crippen LogP contribution in [0.3, 0.4) is 0 Å². The van der Waals surface area contributed by atoms with Crippen LogP contribution in [0.25, 0.3) is 0 Å². The number of carbonyl (C=O) groups excluding carboxylic acids is 1. The fraction of sp³-hybridized carbons (Fsp3) is 0.500. The van der Waals surface area contributed by atoms with Crippen molar-refractivity contribution in [1.29, 1.82) is 0 Å². The highest BCUT2D eigenvalue weighted by Gasteiger charge is 2.32. The van der Waals surface area contributed by atoms with E-state index in [0.717, 1.165) is 51.0 Å². The Kier molecular flexibility index (Phi) is 7.19. The summed E-state index contributed by atoms with van der Waals surface area (Å²) < 4.78 is 41.1. The highest BCUT2D eigenvalue weighted by atomic mass is 19.4. The van der Waals surface area contributed by atoms with Crippen molar-refractivity contribution < 1.29 is 27.8 Å². The van der Waals surface area contributed by atoms with E-state index in [1.54, 1.807) is 0 Å². The maximum atomic E-state index is 12.9. The third-order valence-corrected chi connectivity index (χ3v) is 6.29. The highest BCUT2D eigenvalue weighted by Crippen LogP contribution is 2.29. The molecule has 1 aromatic heterocycles. The Hall–Kier alpha value is -2.65. The second-order valence-electron chi connectivity index (χ2n) is 8.84. The lowest BCUT2D eigenvalue weighted by Gasteiger charge is -2.28. The molecule has 6 nitrogen and oxygen atoms in total. The normalized spacial score (nSPS) is 18.7. The summed E-state index contributed by atoms with van der Waals surface area (Å²) in [6.07, 6.45) is -0.877. The van der Waals surface area contributed by atoms with Gasteiger partial charge in [0, 0.05) is 13.0 Å². The molecule has 9 heteroatoms. The molecule has 2 aliphatic rings. The fourth-order valence-corrected chi connectivity index (χ4v) is 4.76. The van der Waals surface area contributed by atoms with Crippen molar-refractivity contribution >= 4 is 5.91 Å². The standard InChI is InChI=1S/C24H28F3N3O3/c25-24(26,27)33-19-7-8-20(28-14-19)23(32)21(15-30-9-3-4-10-30)29-22(31)13-16-11-17-5-1-2-6-18(17)12-16/h1-2,5-8,14,16,21,23,32H,3-4,9-13,15H2,(H,29,31)/t21-,23-/m0/s1. The Balaban J connectivity index is 1.40. The van der Waals surface area contributed by atoms with Crippen LogP contribution in [0.5, 0.6) is 5.75 Å². The molecule has 178 valence electrons. The van der Waals surface area contributed by atoms with Gasteiger partial charge in [-0.3, -0.25) is 9.78 Å². The maximum Gasteiger partial charge on any atom is 0.573 e. The molecule has 0 unspecified atom stereocenters. The number of aliphatic hydroxyl groups is 1. The van der Waals surface area contributed by atoms with Crippen molar-refractivity contribution in [3.63, 3.8) is 0 Å². The molecule has 1 aromatic carbocycles. The van der Waals surface area contributed by atoms with E-state index >= 15 is 0 Å². The minimum absolute atomic E-state index is 0.145. The van der Waals surface area contributed by atoms with Crippen LogP contribution in [0.1, 0.15) is 42.2 Å². The third kappa shape index (κ3) is 6.45. The molecule has 0 spiro atoms. The van der Waals surface area contributed by atoms with E-state index in [2.05, 4.69) is 32.1 Å². The quantitative estimate of drug-likeness (QED) is 0.628. The number of aromatic nitrogens is 1. The molecule has 2 heterocycles. The van der Waals surface area contributed by atoms with Crippen LogP contribution in [0.2, 0.25) is 0 Å². The number of nitrogens with zero attached hydrogens (tertiary/aromatic N) is 2. The number of pyridine rings is 1. The largest absolute Gasteiger partial charge is 0.573 e. The van der Waals surface area contributed by atoms with Gasteiger partial charge in [0.15, 0.2) is 0 Å². The number of fused-ring (bicyclic) bond motifs is 1. The van der Waals surface area contributed by atoms with Crippen LogP contribution in [-0.4, -0.2) is 52.9 Å². The molecule has 4 rings (SSSR count). The zero-order valence-electron chi connectivity index (χ0n) is 18.2. The van der Waals surface area contributed by atoms with Crippen molar-refractivity contribution in [2.45, 2.75) is 50.6 Å². The van der Waals surface area contributed by atoms with Gasteiger partial charge in [-0.2, -0.15) is 0 Å². The van der Waals surface area contributed by atoms with Gasteiger partial charge in [-0.05, 0) is 68.0 Å². The monoisotopic (exact) mass is 463 g/mol. The number of aliphatic hydroxyl groups excluding tert-OH is 1. The van der Waals surface area contributed by atoms with Gasteiger partial charge in [-0.1, -0.05) is 24.3 Å². The Morgan fingerprint density at radius 2 is 1.82 bits per heavy atom. The Morgan fingerprint density at radius 3 is 2.39 bits per heavy atom. The van der Waals surface area contributed by atoms with Crippen LogP contribution >= 0.6 is 0 Å². The van der Waals surface area contributed by atoms with E-state index in [1.807, 2.05) is 12.1 Å². The number of amides is 1. The van der Waals surface area contributed by atoms with Crippen molar-refractivity contribution in [3.8, 4) is 5.75 Å². The third-order valence-electron chi connectivity index (χ3n) is 6.29. The molecule has 0 bridgehead atoms. The molecule has 0 radical (unpaired) electrons. The van der Waals surface area contributed by atoms with Gasteiger partial charge >= 0.3 is 6.36 Å². The zero-order chi connectivity index (χ0) is 23.4. The van der Waals surface area contributed by atoms with Gasteiger partial charge in [-0.15, -0.1) is 13.2 Å². The molecule has 2 N–H and O–H groups in total. The second kappa shape index (κ2) is 10.1. The summed E-state index contributed by atoms with van der Waals surface area (Å²) in [5.74, 6) is -0.392. The summed E-state index contributed by atoms with van der Waals surface area (Å²) in [4.78, 5) is 19.0. The summed E-state index contributed by atoms with van der Waals surface area (Å²) in [5.41, 5.74) is 2.73. The maximum absolute atomic E-state index is 12.9. The average Bonchev–Trinajstić information content (AvgIpc) is 3.41. The fourth-order valence-electron chi connectivity index (χ4n) is 4.76. The van der Waals surface area contributed by atoms with Crippen LogP contribution in [0, 0.1) is 5.92 Å². The predicted octanol–water partition coefficient (Wildman–Crippen LogP) is 3.40. The molecule has 1 aliphatic heterocycles. The summed E-state index contributed by atoms with van der Waals surface area (Å²) in [7, 11) is 0. The SMILES string of the molecule is O=C(CC1Cc2ccccc2C1)N[C@@H](CN1CCCC1)[C@@H](O)c1ccc(OC(F)(F)F)cn1. The van der Waals surface area contributed by atoms with Gasteiger partial charge in [-0.25, -0.2) is 0 Å². The van der Waals surface area contributed by atoms with Crippen molar-refractivity contribution in [1.82, 2.24) is 15.2 Å². The number of alkyl halides is 3. The van der Waals surface area contributed by atoms with E-state index in [-0.39, 0.29) is 17.5 Å². The molecule has 1 amide bonds. The Bertz CT molecular complexity index is 921. The molecule has 1 saturated heterocycles. The lowest BCUT2D eigenvalue weighted by Crippen LogP contribution is -2.47. The van der Waals surface area contributed by atoms with E-state index < -0.39 is 24.3 Å². The smallest absolute Gasteiger partial charge is 0.404 e. The summed E-state index contributed by atoms with van der Waals surface area (Å²) in [5, 5.41) is 13.9. The minimum Gasteiger partial charge on any atom is -0.404 e. The van der Waals surface area contributed by atoms with Crippen molar-refractivity contribution in [2.75, 3.05) is 19.6 Å². The molecule has 1 aliphatic carbocycles. The predicted molar refractivity (Wildman–Crippen MR) is 115 cm³/mol. The molecule has 1 fully saturated rings. The van der Waals surface area contributed by atoms with Gasteiger partial charge in [0.05, 0.1) is 17.9 Å². The number of benzene rings is 1. The number of ether oxygens (including phenoxy) is 1. The van der Waals surface area contributed by atoms with Crippen LogP contribution in [0.15, 0.2) is 42.6 Å². The number of carbonyl (C=O) groups is 1. The number of nitrogens with one attached hydrogen (secondary N) is 1. The molecule has 2 aromatic rings.